The zero-order valence-corrected chi connectivity index (χ0v) is 7.48. The predicted molar refractivity (Wildman–Crippen MR) is 46.3 cm³/mol. The van der Waals surface area contributed by atoms with Crippen LogP contribution in [0.5, 0.6) is 0 Å². The van der Waals surface area contributed by atoms with Crippen molar-refractivity contribution in [2.75, 3.05) is 34.2 Å². The molecule has 0 aliphatic carbocycles. The molecule has 0 unspecified atom stereocenters. The van der Waals surface area contributed by atoms with Gasteiger partial charge in [-0.1, -0.05) is 6.42 Å². The molecule has 1 N–H and O–H groups in total. The Labute approximate surface area is 64.6 Å². The van der Waals surface area contributed by atoms with Crippen molar-refractivity contribution in [3.8, 4) is 0 Å². The largest absolute Gasteiger partial charge is 0.323 e. The topological polar surface area (TPSA) is 15.3 Å². The minimum Gasteiger partial charge on any atom is -0.323 e. The van der Waals surface area contributed by atoms with E-state index in [1.807, 2.05) is 14.1 Å². The van der Waals surface area contributed by atoms with Crippen LogP contribution in [0.2, 0.25) is 0 Å². The number of rotatable bonds is 0. The molecule has 62 valence electrons. The molecule has 0 aromatic heterocycles. The molecule has 10 heavy (non-hydrogen) atoms. The third kappa shape index (κ3) is 6.05. The first kappa shape index (κ1) is 9.92. The monoisotopic (exact) mass is 144 g/mol. The highest BCUT2D eigenvalue weighted by Gasteiger charge is 2.02. The smallest absolute Gasteiger partial charge is 0.00218 e. The van der Waals surface area contributed by atoms with Crippen LogP contribution in [0.3, 0.4) is 0 Å². The highest BCUT2D eigenvalue weighted by molar-refractivity contribution is 4.58. The van der Waals surface area contributed by atoms with Gasteiger partial charge in [-0.15, -0.1) is 0 Å². The SMILES string of the molecule is CN1CCCCC1.CNC. The molecule has 1 saturated heterocycles. The average molecular weight is 144 g/mol. The molecule has 0 atom stereocenters. The zero-order valence-electron chi connectivity index (χ0n) is 7.48. The normalized spacial score (nSPS) is 19.5. The Morgan fingerprint density at radius 2 is 1.40 bits per heavy atom. The van der Waals surface area contributed by atoms with Gasteiger partial charge in [0.05, 0.1) is 0 Å². The first-order valence-corrected chi connectivity index (χ1v) is 4.08. The summed E-state index contributed by atoms with van der Waals surface area (Å²) in [5.41, 5.74) is 0. The van der Waals surface area contributed by atoms with Crippen molar-refractivity contribution < 1.29 is 0 Å². The average Bonchev–Trinajstić information content (AvgIpc) is 1.91. The summed E-state index contributed by atoms with van der Waals surface area (Å²) in [5, 5.41) is 2.75. The summed E-state index contributed by atoms with van der Waals surface area (Å²) in [5.74, 6) is 0. The van der Waals surface area contributed by atoms with E-state index in [4.69, 9.17) is 0 Å². The molecule has 0 aromatic carbocycles. The molecule has 1 aliphatic rings. The van der Waals surface area contributed by atoms with Gasteiger partial charge in [0, 0.05) is 0 Å². The third-order valence-corrected chi connectivity index (χ3v) is 1.58. The van der Waals surface area contributed by atoms with Gasteiger partial charge >= 0.3 is 0 Å². The van der Waals surface area contributed by atoms with Gasteiger partial charge in [-0.2, -0.15) is 0 Å². The standard InChI is InChI=1S/C6H13N.C2H7N/c1-7-5-3-2-4-6-7;1-3-2/h2-6H2,1H3;3H,1-2H3. The highest BCUT2D eigenvalue weighted by atomic mass is 15.1. The number of hydrogen-bond donors (Lipinski definition) is 1. The quantitative estimate of drug-likeness (QED) is 0.544. The summed E-state index contributed by atoms with van der Waals surface area (Å²) in [6.45, 7) is 2.64. The maximum Gasteiger partial charge on any atom is -0.00218 e. The second-order valence-corrected chi connectivity index (χ2v) is 2.86. The Hall–Kier alpha value is -0.0800. The van der Waals surface area contributed by atoms with Gasteiger partial charge in [0.1, 0.15) is 0 Å². The van der Waals surface area contributed by atoms with Crippen molar-refractivity contribution in [1.82, 2.24) is 10.2 Å². The zero-order chi connectivity index (χ0) is 7.82. The van der Waals surface area contributed by atoms with Crippen molar-refractivity contribution in [1.29, 1.82) is 0 Å². The second kappa shape index (κ2) is 7.03. The van der Waals surface area contributed by atoms with Gasteiger partial charge in [0.2, 0.25) is 0 Å². The first-order valence-electron chi connectivity index (χ1n) is 4.08. The van der Waals surface area contributed by atoms with Gasteiger partial charge in [-0.25, -0.2) is 0 Å². The molecule has 0 spiro atoms. The number of hydrogen-bond acceptors (Lipinski definition) is 2. The van der Waals surface area contributed by atoms with E-state index in [1.165, 1.54) is 32.4 Å². The van der Waals surface area contributed by atoms with Gasteiger partial charge in [-0.3, -0.25) is 0 Å². The molecule has 1 rings (SSSR count). The van der Waals surface area contributed by atoms with E-state index in [2.05, 4.69) is 17.3 Å². The molecule has 1 fully saturated rings. The predicted octanol–water partition coefficient (Wildman–Crippen LogP) is 0.938. The van der Waals surface area contributed by atoms with Crippen LogP contribution in [0.25, 0.3) is 0 Å². The molecule has 0 saturated carbocycles. The number of nitrogens with zero attached hydrogens (tertiary/aromatic N) is 1. The Bertz CT molecular complexity index is 58.3. The molecule has 0 radical (unpaired) electrons. The molecule has 0 amide bonds. The lowest BCUT2D eigenvalue weighted by molar-refractivity contribution is 0.277. The van der Waals surface area contributed by atoms with E-state index < -0.39 is 0 Å². The van der Waals surface area contributed by atoms with Crippen molar-refractivity contribution >= 4 is 0 Å². The lowest BCUT2D eigenvalue weighted by Gasteiger charge is -2.20. The van der Waals surface area contributed by atoms with Gasteiger partial charge < -0.3 is 10.2 Å². The van der Waals surface area contributed by atoms with Crippen LogP contribution in [0.15, 0.2) is 0 Å². The fraction of sp³-hybridized carbons (Fsp3) is 1.00. The van der Waals surface area contributed by atoms with E-state index in [0.29, 0.717) is 0 Å². The van der Waals surface area contributed by atoms with Crippen LogP contribution in [0.1, 0.15) is 19.3 Å². The van der Waals surface area contributed by atoms with Crippen molar-refractivity contribution in [3.63, 3.8) is 0 Å². The van der Waals surface area contributed by atoms with E-state index in [9.17, 15) is 0 Å². The molecule has 2 heteroatoms. The fourth-order valence-electron chi connectivity index (χ4n) is 1.05. The minimum atomic E-state index is 1.32. The summed E-state index contributed by atoms with van der Waals surface area (Å²) >= 11 is 0. The van der Waals surface area contributed by atoms with Crippen LogP contribution < -0.4 is 5.32 Å². The van der Waals surface area contributed by atoms with Crippen LogP contribution >= 0.6 is 0 Å². The maximum atomic E-state index is 2.75. The Kier molecular flexibility index (Phi) is 6.98. The van der Waals surface area contributed by atoms with E-state index in [-0.39, 0.29) is 0 Å². The van der Waals surface area contributed by atoms with Crippen LogP contribution in [-0.2, 0) is 0 Å². The number of piperidine rings is 1. The molecular weight excluding hydrogens is 124 g/mol. The van der Waals surface area contributed by atoms with E-state index in [1.54, 1.807) is 0 Å². The van der Waals surface area contributed by atoms with Crippen molar-refractivity contribution in [2.45, 2.75) is 19.3 Å². The van der Waals surface area contributed by atoms with Crippen LogP contribution in [-0.4, -0.2) is 39.1 Å². The van der Waals surface area contributed by atoms with Crippen molar-refractivity contribution in [2.24, 2.45) is 0 Å². The lowest BCUT2D eigenvalue weighted by Crippen LogP contribution is -2.24. The minimum absolute atomic E-state index is 1.32. The summed E-state index contributed by atoms with van der Waals surface area (Å²) in [4.78, 5) is 2.39. The highest BCUT2D eigenvalue weighted by Crippen LogP contribution is 2.04. The Morgan fingerprint density at radius 1 is 1.00 bits per heavy atom. The van der Waals surface area contributed by atoms with Crippen LogP contribution in [0.4, 0.5) is 0 Å². The van der Waals surface area contributed by atoms with E-state index >= 15 is 0 Å². The van der Waals surface area contributed by atoms with Crippen molar-refractivity contribution in [3.05, 3.63) is 0 Å². The van der Waals surface area contributed by atoms with Crippen LogP contribution in [0, 0.1) is 0 Å². The number of likely N-dealkylation sites (tertiary alicyclic amines) is 1. The Balaban J connectivity index is 0.000000236. The number of nitrogens with one attached hydrogen (secondary N) is 1. The summed E-state index contributed by atoms with van der Waals surface area (Å²) < 4.78 is 0. The fourth-order valence-corrected chi connectivity index (χ4v) is 1.05. The summed E-state index contributed by atoms with van der Waals surface area (Å²) in [6.07, 6.45) is 4.28. The lowest BCUT2D eigenvalue weighted by atomic mass is 10.1. The molecular formula is C8H20N2. The molecule has 1 heterocycles. The third-order valence-electron chi connectivity index (χ3n) is 1.58. The summed E-state index contributed by atoms with van der Waals surface area (Å²) in [7, 11) is 5.94. The second-order valence-electron chi connectivity index (χ2n) is 2.86. The van der Waals surface area contributed by atoms with Gasteiger partial charge in [0.25, 0.3) is 0 Å². The molecule has 0 bridgehead atoms. The first-order chi connectivity index (χ1) is 4.81. The molecule has 1 aliphatic heterocycles. The van der Waals surface area contributed by atoms with E-state index in [0.717, 1.165) is 0 Å². The Morgan fingerprint density at radius 3 is 1.60 bits per heavy atom. The van der Waals surface area contributed by atoms with Gasteiger partial charge in [-0.05, 0) is 47.1 Å². The summed E-state index contributed by atoms with van der Waals surface area (Å²) in [6, 6.07) is 0. The molecule has 0 aromatic rings. The van der Waals surface area contributed by atoms with Gasteiger partial charge in [0.15, 0.2) is 0 Å². The molecule has 2 nitrogen and oxygen atoms in total. The maximum absolute atomic E-state index is 2.75.